The highest BCUT2D eigenvalue weighted by molar-refractivity contribution is 5.94. The van der Waals surface area contributed by atoms with Gasteiger partial charge in [0.05, 0.1) is 18.4 Å². The Kier molecular flexibility index (Phi) is 5.29. The van der Waals surface area contributed by atoms with Gasteiger partial charge in [0.25, 0.3) is 5.91 Å². The summed E-state index contributed by atoms with van der Waals surface area (Å²) in [5.74, 6) is 0.844. The molecule has 4 rings (SSSR count). The zero-order chi connectivity index (χ0) is 20.4. The van der Waals surface area contributed by atoms with Gasteiger partial charge >= 0.3 is 0 Å². The molecule has 3 aromatic rings. The molecule has 0 aliphatic heterocycles. The van der Waals surface area contributed by atoms with Gasteiger partial charge in [-0.3, -0.25) is 4.79 Å². The number of hydrogen-bond acceptors (Lipinski definition) is 4. The van der Waals surface area contributed by atoms with Crippen molar-refractivity contribution in [2.75, 3.05) is 12.3 Å². The van der Waals surface area contributed by atoms with Crippen LogP contribution in [0.25, 0.3) is 11.3 Å². The van der Waals surface area contributed by atoms with Crippen LogP contribution >= 0.6 is 0 Å². The van der Waals surface area contributed by atoms with Gasteiger partial charge in [-0.1, -0.05) is 30.3 Å². The molecule has 0 saturated heterocycles. The van der Waals surface area contributed by atoms with E-state index in [9.17, 15) is 9.18 Å². The summed E-state index contributed by atoms with van der Waals surface area (Å²) in [6.07, 6.45) is 4.12. The molecule has 1 heterocycles. The van der Waals surface area contributed by atoms with E-state index in [4.69, 9.17) is 5.73 Å². The van der Waals surface area contributed by atoms with Crippen molar-refractivity contribution >= 4 is 11.6 Å². The van der Waals surface area contributed by atoms with Crippen LogP contribution < -0.4 is 11.1 Å². The van der Waals surface area contributed by atoms with Crippen LogP contribution in [0.3, 0.4) is 0 Å². The van der Waals surface area contributed by atoms with Gasteiger partial charge in [0.1, 0.15) is 11.5 Å². The predicted octanol–water partition coefficient (Wildman–Crippen LogP) is 3.49. The lowest BCUT2D eigenvalue weighted by molar-refractivity contribution is 0.0927. The Morgan fingerprint density at radius 3 is 2.86 bits per heavy atom. The molecule has 0 radical (unpaired) electrons. The van der Waals surface area contributed by atoms with Crippen LogP contribution in [0.4, 0.5) is 10.1 Å². The number of benzene rings is 2. The van der Waals surface area contributed by atoms with Crippen LogP contribution in [-0.2, 0) is 6.54 Å². The predicted molar refractivity (Wildman–Crippen MR) is 110 cm³/mol. The standard InChI is InChI=1S/C22H24FN5O/c1-14-7-16(8-14)11-25-22(29)18-4-2-3-15(9-18)12-28-13-21(26-27-28)17-5-6-20(24)19(23)10-17/h2-6,9-10,13-14,16H,7-8,11-12,24H2,1H3,(H,25,29). The molecule has 0 atom stereocenters. The largest absolute Gasteiger partial charge is 0.396 e. The van der Waals surface area contributed by atoms with Gasteiger partial charge in [-0.2, -0.15) is 0 Å². The molecule has 150 valence electrons. The van der Waals surface area contributed by atoms with Crippen molar-refractivity contribution in [2.45, 2.75) is 26.3 Å². The van der Waals surface area contributed by atoms with Gasteiger partial charge in [-0.15, -0.1) is 5.10 Å². The average Bonchev–Trinajstić information content (AvgIpc) is 3.15. The summed E-state index contributed by atoms with van der Waals surface area (Å²) in [6, 6.07) is 12.0. The van der Waals surface area contributed by atoms with Crippen molar-refractivity contribution in [3.63, 3.8) is 0 Å². The third-order valence-corrected chi connectivity index (χ3v) is 5.39. The number of halogens is 1. The fourth-order valence-electron chi connectivity index (χ4n) is 3.77. The molecule has 0 unspecified atom stereocenters. The number of anilines is 1. The van der Waals surface area contributed by atoms with Gasteiger partial charge < -0.3 is 11.1 Å². The van der Waals surface area contributed by atoms with Gasteiger partial charge in [0.2, 0.25) is 0 Å². The first-order valence-electron chi connectivity index (χ1n) is 9.80. The van der Waals surface area contributed by atoms with E-state index in [0.717, 1.165) is 18.0 Å². The van der Waals surface area contributed by atoms with Crippen molar-refractivity contribution in [1.29, 1.82) is 0 Å². The maximum Gasteiger partial charge on any atom is 0.251 e. The molecule has 7 heteroatoms. The summed E-state index contributed by atoms with van der Waals surface area (Å²) < 4.78 is 15.3. The van der Waals surface area contributed by atoms with E-state index < -0.39 is 5.82 Å². The lowest BCUT2D eigenvalue weighted by atomic mass is 9.76. The van der Waals surface area contributed by atoms with Crippen molar-refractivity contribution in [3.8, 4) is 11.3 Å². The minimum Gasteiger partial charge on any atom is -0.396 e. The molecule has 2 aromatic carbocycles. The number of aromatic nitrogens is 3. The summed E-state index contributed by atoms with van der Waals surface area (Å²) in [7, 11) is 0. The Bertz CT molecular complexity index is 1030. The minimum absolute atomic E-state index is 0.0527. The van der Waals surface area contributed by atoms with E-state index in [1.165, 1.54) is 25.0 Å². The van der Waals surface area contributed by atoms with E-state index in [-0.39, 0.29) is 11.6 Å². The molecular weight excluding hydrogens is 369 g/mol. The summed E-state index contributed by atoms with van der Waals surface area (Å²) in [4.78, 5) is 12.4. The number of carbonyl (C=O) groups is 1. The summed E-state index contributed by atoms with van der Waals surface area (Å²) >= 11 is 0. The Balaban J connectivity index is 1.41. The van der Waals surface area contributed by atoms with Crippen LogP contribution in [0.15, 0.2) is 48.7 Å². The van der Waals surface area contributed by atoms with Crippen molar-refractivity contribution in [1.82, 2.24) is 20.3 Å². The lowest BCUT2D eigenvalue weighted by Gasteiger charge is -2.32. The zero-order valence-corrected chi connectivity index (χ0v) is 16.3. The van der Waals surface area contributed by atoms with Crippen LogP contribution in [0, 0.1) is 17.7 Å². The topological polar surface area (TPSA) is 85.8 Å². The zero-order valence-electron chi connectivity index (χ0n) is 16.3. The van der Waals surface area contributed by atoms with Crippen LogP contribution in [-0.4, -0.2) is 27.4 Å². The Morgan fingerprint density at radius 2 is 2.10 bits per heavy atom. The van der Waals surface area contributed by atoms with Gasteiger partial charge in [0.15, 0.2) is 0 Å². The Morgan fingerprint density at radius 1 is 1.28 bits per heavy atom. The molecule has 0 spiro atoms. The number of nitrogens with two attached hydrogens (primary N) is 1. The first-order valence-corrected chi connectivity index (χ1v) is 9.80. The third-order valence-electron chi connectivity index (χ3n) is 5.39. The first kappa shape index (κ1) is 19.1. The molecule has 1 aliphatic rings. The van der Waals surface area contributed by atoms with E-state index >= 15 is 0 Å². The summed E-state index contributed by atoms with van der Waals surface area (Å²) in [5, 5.41) is 11.2. The molecule has 3 N–H and O–H groups in total. The van der Waals surface area contributed by atoms with Crippen LogP contribution in [0.1, 0.15) is 35.7 Å². The second-order valence-corrected chi connectivity index (χ2v) is 7.89. The van der Waals surface area contributed by atoms with Gasteiger partial charge in [-0.25, -0.2) is 9.07 Å². The van der Waals surface area contributed by atoms with Crippen LogP contribution in [0.5, 0.6) is 0 Å². The molecule has 1 saturated carbocycles. The van der Waals surface area contributed by atoms with Crippen molar-refractivity contribution in [3.05, 3.63) is 65.6 Å². The molecule has 29 heavy (non-hydrogen) atoms. The monoisotopic (exact) mass is 393 g/mol. The summed E-state index contributed by atoms with van der Waals surface area (Å²) in [6.45, 7) is 3.44. The Labute approximate surface area is 168 Å². The fraction of sp³-hybridized carbons (Fsp3) is 0.318. The molecule has 1 aliphatic carbocycles. The van der Waals surface area contributed by atoms with E-state index in [2.05, 4.69) is 22.6 Å². The minimum atomic E-state index is -0.480. The Hall–Kier alpha value is -3.22. The van der Waals surface area contributed by atoms with Crippen LogP contribution in [0.2, 0.25) is 0 Å². The molecular formula is C22H24FN5O. The number of nitrogens with zero attached hydrogens (tertiary/aromatic N) is 3. The quantitative estimate of drug-likeness (QED) is 0.628. The highest BCUT2D eigenvalue weighted by Gasteiger charge is 2.25. The number of rotatable bonds is 6. The average molecular weight is 393 g/mol. The number of hydrogen-bond donors (Lipinski definition) is 2. The number of carbonyl (C=O) groups excluding carboxylic acids is 1. The second kappa shape index (κ2) is 8.03. The third kappa shape index (κ3) is 4.45. The highest BCUT2D eigenvalue weighted by atomic mass is 19.1. The number of amides is 1. The van der Waals surface area contributed by atoms with E-state index in [1.807, 2.05) is 24.3 Å². The number of nitrogen functional groups attached to an aromatic ring is 1. The van der Waals surface area contributed by atoms with E-state index in [0.29, 0.717) is 29.3 Å². The molecule has 6 nitrogen and oxygen atoms in total. The normalized spacial score (nSPS) is 18.3. The second-order valence-electron chi connectivity index (χ2n) is 7.89. The van der Waals surface area contributed by atoms with Crippen molar-refractivity contribution in [2.24, 2.45) is 11.8 Å². The molecule has 0 bridgehead atoms. The first-order chi connectivity index (χ1) is 14.0. The van der Waals surface area contributed by atoms with Crippen molar-refractivity contribution < 1.29 is 9.18 Å². The maximum atomic E-state index is 13.7. The molecule has 1 amide bonds. The SMILES string of the molecule is CC1CC(CNC(=O)c2cccc(Cn3cc(-c4ccc(N)c(F)c4)nn3)c2)C1. The summed E-state index contributed by atoms with van der Waals surface area (Å²) in [5.41, 5.74) is 8.37. The highest BCUT2D eigenvalue weighted by Crippen LogP contribution is 2.32. The lowest BCUT2D eigenvalue weighted by Crippen LogP contribution is -2.35. The van der Waals surface area contributed by atoms with Gasteiger partial charge in [0, 0.05) is 17.7 Å². The van der Waals surface area contributed by atoms with E-state index in [1.54, 1.807) is 16.9 Å². The maximum absolute atomic E-state index is 13.7. The van der Waals surface area contributed by atoms with Gasteiger partial charge in [-0.05, 0) is 54.5 Å². The fourth-order valence-corrected chi connectivity index (χ4v) is 3.77. The number of nitrogens with one attached hydrogen (secondary N) is 1. The smallest absolute Gasteiger partial charge is 0.251 e. The molecule has 1 fully saturated rings. The molecule has 1 aromatic heterocycles.